The minimum absolute atomic E-state index is 0.156. The molecule has 16 nitrogen and oxygen atoms in total. The summed E-state index contributed by atoms with van der Waals surface area (Å²) in [5.41, 5.74) is -0.944. The smallest absolute Gasteiger partial charge is 0.333 e. The fourth-order valence-electron chi connectivity index (χ4n) is 1.77. The van der Waals surface area contributed by atoms with Crippen LogP contribution >= 0.6 is 0 Å². The van der Waals surface area contributed by atoms with Crippen molar-refractivity contribution >= 4 is 35.8 Å². The zero-order chi connectivity index (χ0) is 41.7. The molecule has 16 heteroatoms. The first-order valence-electron chi connectivity index (χ1n) is 14.8. The van der Waals surface area contributed by atoms with Gasteiger partial charge in [-0.2, -0.15) is 0 Å². The minimum Gasteiger partial charge on any atom is -0.478 e. The lowest BCUT2D eigenvalue weighted by Crippen LogP contribution is -2.42. The molecule has 0 heterocycles. The first-order chi connectivity index (χ1) is 23.2. The highest BCUT2D eigenvalue weighted by atomic mass is 16.6. The van der Waals surface area contributed by atoms with E-state index in [1.54, 1.807) is 0 Å². The lowest BCUT2D eigenvalue weighted by molar-refractivity contribution is -0.160. The van der Waals surface area contributed by atoms with Gasteiger partial charge in [0.25, 0.3) is 0 Å². The van der Waals surface area contributed by atoms with E-state index in [0.29, 0.717) is 6.42 Å². The summed E-state index contributed by atoms with van der Waals surface area (Å²) < 4.78 is 15.1. The topological polar surface area (TPSA) is 272 Å². The molecule has 0 spiro atoms. The maximum Gasteiger partial charge on any atom is 0.333 e. The third-order valence-corrected chi connectivity index (χ3v) is 5.76. The van der Waals surface area contributed by atoms with E-state index in [9.17, 15) is 33.9 Å². The lowest BCUT2D eigenvalue weighted by atomic mass is 9.88. The van der Waals surface area contributed by atoms with Crippen LogP contribution in [-0.2, 0) is 43.0 Å². The first-order valence-corrected chi connectivity index (χ1v) is 14.8. The van der Waals surface area contributed by atoms with Crippen LogP contribution in [0.1, 0.15) is 54.9 Å². The Morgan fingerprint density at radius 3 is 0.686 bits per heavy atom. The Hall–Kier alpha value is -4.90. The molecule has 0 aliphatic rings. The molecular formula is C35H56O16. The molecule has 0 fully saturated rings. The van der Waals surface area contributed by atoms with Crippen molar-refractivity contribution in [2.24, 2.45) is 10.8 Å². The number of ether oxygens (including phenoxy) is 3. The average molecular weight is 733 g/mol. The highest BCUT2D eigenvalue weighted by Gasteiger charge is 2.36. The van der Waals surface area contributed by atoms with E-state index in [0.717, 1.165) is 0 Å². The maximum atomic E-state index is 11.6. The van der Waals surface area contributed by atoms with E-state index >= 15 is 0 Å². The second kappa shape index (κ2) is 30.0. The van der Waals surface area contributed by atoms with Gasteiger partial charge in [0.05, 0.1) is 31.8 Å². The van der Waals surface area contributed by atoms with Crippen molar-refractivity contribution in [1.82, 2.24) is 0 Å². The monoisotopic (exact) mass is 732 g/mol. The van der Waals surface area contributed by atoms with Crippen molar-refractivity contribution in [2.75, 3.05) is 46.2 Å². The van der Waals surface area contributed by atoms with Gasteiger partial charge >= 0.3 is 35.8 Å². The predicted molar refractivity (Wildman–Crippen MR) is 188 cm³/mol. The van der Waals surface area contributed by atoms with Crippen LogP contribution in [-0.4, -0.2) is 118 Å². The van der Waals surface area contributed by atoms with Gasteiger partial charge in [0.2, 0.25) is 0 Å². The molecule has 0 aromatic rings. The second-order valence-electron chi connectivity index (χ2n) is 11.3. The number of hydrogen-bond donors (Lipinski definition) is 7. The number of aliphatic hydroxyl groups excluding tert-OH is 4. The van der Waals surface area contributed by atoms with Crippen molar-refractivity contribution in [3.05, 3.63) is 72.9 Å². The number of rotatable bonds is 17. The number of carboxylic acids is 3. The van der Waals surface area contributed by atoms with Crippen molar-refractivity contribution in [1.29, 1.82) is 0 Å². The van der Waals surface area contributed by atoms with Crippen molar-refractivity contribution in [3.8, 4) is 0 Å². The number of esters is 3. The van der Waals surface area contributed by atoms with Gasteiger partial charge < -0.3 is 50.0 Å². The standard InChI is InChI=1S/C17H24O7.C6H14O3.3C4H6O2/c1-11(2)14(19)22-8-17(7-18,9-23-15(20)12(3)4)10-24-16(21)13(5)6;1-2-6(3-7,4-8)5-9;3*1-3(2)4(5)6/h18H,1,3,5,7-10H2,2,4,6H3;7-9H,2-5H2,1H3;3*1H2,2H3,(H,5,6). The second-order valence-corrected chi connectivity index (χ2v) is 11.3. The molecule has 0 rings (SSSR count). The molecule has 0 saturated carbocycles. The Morgan fingerprint density at radius 1 is 0.431 bits per heavy atom. The lowest BCUT2D eigenvalue weighted by Gasteiger charge is -2.30. The number of hydrogen-bond acceptors (Lipinski definition) is 13. The van der Waals surface area contributed by atoms with E-state index in [-0.39, 0.29) is 73.1 Å². The highest BCUT2D eigenvalue weighted by Crippen LogP contribution is 2.21. The van der Waals surface area contributed by atoms with E-state index in [1.165, 1.54) is 41.5 Å². The first kappa shape index (κ1) is 55.5. The molecule has 0 aromatic carbocycles. The van der Waals surface area contributed by atoms with Gasteiger partial charge in [-0.15, -0.1) is 0 Å². The number of carbonyl (C=O) groups excluding carboxylic acids is 3. The van der Waals surface area contributed by atoms with Crippen LogP contribution in [0.4, 0.5) is 0 Å². The zero-order valence-corrected chi connectivity index (χ0v) is 30.7. The van der Waals surface area contributed by atoms with E-state index in [2.05, 4.69) is 39.5 Å². The minimum atomic E-state index is -1.30. The molecule has 7 N–H and O–H groups in total. The summed E-state index contributed by atoms with van der Waals surface area (Å²) >= 11 is 0. The van der Waals surface area contributed by atoms with Gasteiger partial charge in [0.1, 0.15) is 19.8 Å². The largest absolute Gasteiger partial charge is 0.478 e. The van der Waals surface area contributed by atoms with Gasteiger partial charge in [-0.1, -0.05) is 46.4 Å². The van der Waals surface area contributed by atoms with Crippen LogP contribution in [0.3, 0.4) is 0 Å². The van der Waals surface area contributed by atoms with Crippen LogP contribution in [0.2, 0.25) is 0 Å². The molecule has 0 unspecified atom stereocenters. The van der Waals surface area contributed by atoms with Gasteiger partial charge in [0, 0.05) is 38.9 Å². The average Bonchev–Trinajstić information content (AvgIpc) is 3.06. The Balaban J connectivity index is -0.000000211. The number of aliphatic carboxylic acids is 3. The summed E-state index contributed by atoms with van der Waals surface area (Å²) in [5, 5.41) is 59.3. The Labute approximate surface area is 299 Å². The Morgan fingerprint density at radius 2 is 0.608 bits per heavy atom. The fraction of sp³-hybridized carbons (Fsp3) is 0.486. The van der Waals surface area contributed by atoms with Crippen molar-refractivity contribution < 1.29 is 78.7 Å². The molecule has 0 radical (unpaired) electrons. The molecule has 0 saturated heterocycles. The van der Waals surface area contributed by atoms with Crippen molar-refractivity contribution in [3.63, 3.8) is 0 Å². The summed E-state index contributed by atoms with van der Waals surface area (Å²) in [5.74, 6) is -4.83. The molecular weight excluding hydrogens is 676 g/mol. The summed E-state index contributed by atoms with van der Waals surface area (Å²) in [6, 6.07) is 0. The summed E-state index contributed by atoms with van der Waals surface area (Å²) in [7, 11) is 0. The Bertz CT molecular complexity index is 1050. The van der Waals surface area contributed by atoms with Crippen molar-refractivity contribution in [2.45, 2.75) is 54.9 Å². The molecule has 0 atom stereocenters. The number of aliphatic hydroxyl groups is 4. The van der Waals surface area contributed by atoms with Crippen LogP contribution in [0.25, 0.3) is 0 Å². The molecule has 51 heavy (non-hydrogen) atoms. The molecule has 0 amide bonds. The predicted octanol–water partition coefficient (Wildman–Crippen LogP) is 2.62. The maximum absolute atomic E-state index is 11.6. The Kier molecular flexibility index (Phi) is 32.6. The van der Waals surface area contributed by atoms with Gasteiger partial charge in [-0.25, -0.2) is 28.8 Å². The third kappa shape index (κ3) is 30.9. The van der Waals surface area contributed by atoms with E-state index in [1.807, 2.05) is 6.92 Å². The number of carbonyl (C=O) groups is 6. The summed E-state index contributed by atoms with van der Waals surface area (Å²) in [6.07, 6.45) is 0.594. The molecule has 292 valence electrons. The number of carboxylic acid groups (broad SMARTS) is 3. The SMILES string of the molecule is C=C(C)C(=O)O.C=C(C)C(=O)O.C=C(C)C(=O)O.C=C(C)C(=O)OCC(CO)(COC(=O)C(=C)C)COC(=O)C(=C)C.CCC(CO)(CO)CO. The molecule has 0 bridgehead atoms. The van der Waals surface area contributed by atoms with Crippen LogP contribution in [0.5, 0.6) is 0 Å². The quantitative estimate of drug-likeness (QED) is 0.0643. The van der Waals surface area contributed by atoms with Gasteiger partial charge in [-0.3, -0.25) is 0 Å². The van der Waals surface area contributed by atoms with Gasteiger partial charge in [0.15, 0.2) is 0 Å². The van der Waals surface area contributed by atoms with Crippen LogP contribution in [0.15, 0.2) is 72.9 Å². The van der Waals surface area contributed by atoms with E-state index in [4.69, 9.17) is 44.8 Å². The molecule has 0 aliphatic heterocycles. The summed E-state index contributed by atoms with van der Waals surface area (Å²) in [6.45, 7) is 28.3. The van der Waals surface area contributed by atoms with Crippen LogP contribution in [0, 0.1) is 10.8 Å². The highest BCUT2D eigenvalue weighted by molar-refractivity contribution is 5.88. The molecule has 0 aromatic heterocycles. The normalized spacial score (nSPS) is 9.71. The fourth-order valence-corrected chi connectivity index (χ4v) is 1.77. The zero-order valence-electron chi connectivity index (χ0n) is 30.7. The van der Waals surface area contributed by atoms with Crippen LogP contribution < -0.4 is 0 Å². The van der Waals surface area contributed by atoms with Gasteiger partial charge in [-0.05, 0) is 48.0 Å². The summed E-state index contributed by atoms with van der Waals surface area (Å²) in [4.78, 5) is 63.5. The third-order valence-electron chi connectivity index (χ3n) is 5.76. The van der Waals surface area contributed by atoms with E-state index < -0.39 is 53.3 Å². The molecule has 0 aliphatic carbocycles.